The summed E-state index contributed by atoms with van der Waals surface area (Å²) in [5, 5.41) is 3.33. The number of aromatic nitrogens is 1. The van der Waals surface area contributed by atoms with Crippen molar-refractivity contribution < 1.29 is 4.79 Å². The van der Waals surface area contributed by atoms with E-state index in [0.717, 1.165) is 30.8 Å². The number of rotatable bonds is 1. The number of amides is 1. The highest BCUT2D eigenvalue weighted by Gasteiger charge is 2.22. The summed E-state index contributed by atoms with van der Waals surface area (Å²) in [7, 11) is 0. The fourth-order valence-electron chi connectivity index (χ4n) is 1.96. The van der Waals surface area contributed by atoms with Gasteiger partial charge in [-0.2, -0.15) is 0 Å². The summed E-state index contributed by atoms with van der Waals surface area (Å²) in [6.07, 6.45) is 3.64. The molecule has 0 spiro atoms. The average Bonchev–Trinajstić information content (AvgIpc) is 2.63. The molecule has 2 rings (SSSR count). The van der Waals surface area contributed by atoms with Gasteiger partial charge in [0.15, 0.2) is 0 Å². The highest BCUT2D eigenvalue weighted by atomic mass is 35.5. The number of hydrogen-bond donors (Lipinski definition) is 2. The molecule has 0 radical (unpaired) electrons. The molecule has 1 atom stereocenters. The standard InChI is InChI=1S/C11H17N3O.ClH/c1-8-5-12-6-10(8)11(15)14-4-3-13-9(2)7-14;/h5-6,9,12-13H,3-4,7H2,1-2H3;1H/t9-;/m0./s1. The lowest BCUT2D eigenvalue weighted by Gasteiger charge is -2.31. The van der Waals surface area contributed by atoms with Gasteiger partial charge in [0.25, 0.3) is 5.91 Å². The summed E-state index contributed by atoms with van der Waals surface area (Å²) in [6, 6.07) is 0.391. The zero-order valence-electron chi connectivity index (χ0n) is 9.62. The molecule has 0 aromatic carbocycles. The quantitative estimate of drug-likeness (QED) is 0.778. The minimum Gasteiger partial charge on any atom is -0.367 e. The molecular weight excluding hydrogens is 226 g/mol. The van der Waals surface area contributed by atoms with Crippen LogP contribution in [0.1, 0.15) is 22.8 Å². The Kier molecular flexibility index (Phi) is 4.38. The first-order chi connectivity index (χ1) is 7.18. The molecule has 90 valence electrons. The number of carbonyl (C=O) groups is 1. The number of nitrogens with zero attached hydrogens (tertiary/aromatic N) is 1. The monoisotopic (exact) mass is 243 g/mol. The number of H-pyrrole nitrogens is 1. The van der Waals surface area contributed by atoms with Crippen LogP contribution in [0.5, 0.6) is 0 Å². The zero-order valence-corrected chi connectivity index (χ0v) is 10.4. The molecule has 1 fully saturated rings. The van der Waals surface area contributed by atoms with Crippen molar-refractivity contribution >= 4 is 18.3 Å². The molecule has 1 aromatic rings. The molecule has 1 aliphatic heterocycles. The van der Waals surface area contributed by atoms with Crippen molar-refractivity contribution in [1.82, 2.24) is 15.2 Å². The number of carbonyl (C=O) groups excluding carboxylic acids is 1. The summed E-state index contributed by atoms with van der Waals surface area (Å²) in [5.74, 6) is 0.141. The van der Waals surface area contributed by atoms with Crippen molar-refractivity contribution in [2.24, 2.45) is 0 Å². The third-order valence-corrected chi connectivity index (χ3v) is 2.84. The van der Waals surface area contributed by atoms with Crippen molar-refractivity contribution in [3.05, 3.63) is 23.5 Å². The Bertz CT molecular complexity index is 364. The lowest BCUT2D eigenvalue weighted by atomic mass is 10.1. The maximum absolute atomic E-state index is 12.1. The van der Waals surface area contributed by atoms with Gasteiger partial charge in [0.1, 0.15) is 0 Å². The second kappa shape index (κ2) is 5.37. The molecule has 0 unspecified atom stereocenters. The topological polar surface area (TPSA) is 48.1 Å². The molecule has 1 aromatic heterocycles. The molecule has 5 heteroatoms. The van der Waals surface area contributed by atoms with Crippen LogP contribution in [0.4, 0.5) is 0 Å². The van der Waals surface area contributed by atoms with Gasteiger partial charge in [-0.25, -0.2) is 0 Å². The SMILES string of the molecule is Cc1c[nH]cc1C(=O)N1CCN[C@@H](C)C1.Cl. The van der Waals surface area contributed by atoms with Crippen molar-refractivity contribution in [1.29, 1.82) is 0 Å². The number of halogens is 1. The first kappa shape index (κ1) is 13.1. The van der Waals surface area contributed by atoms with Crippen LogP contribution < -0.4 is 5.32 Å². The van der Waals surface area contributed by atoms with Gasteiger partial charge in [0.05, 0.1) is 5.56 Å². The second-order valence-corrected chi connectivity index (χ2v) is 4.16. The average molecular weight is 244 g/mol. The molecule has 1 saturated heterocycles. The van der Waals surface area contributed by atoms with Crippen molar-refractivity contribution in [2.45, 2.75) is 19.9 Å². The molecule has 0 bridgehead atoms. The number of piperazine rings is 1. The number of hydrogen-bond acceptors (Lipinski definition) is 2. The molecule has 0 saturated carbocycles. The summed E-state index contributed by atoms with van der Waals surface area (Å²) in [4.78, 5) is 17.0. The van der Waals surface area contributed by atoms with Crippen molar-refractivity contribution in [3.63, 3.8) is 0 Å². The molecule has 16 heavy (non-hydrogen) atoms. The van der Waals surface area contributed by atoms with Crippen LogP contribution in [-0.2, 0) is 0 Å². The number of aryl methyl sites for hydroxylation is 1. The van der Waals surface area contributed by atoms with Gasteiger partial charge in [-0.3, -0.25) is 4.79 Å². The van der Waals surface area contributed by atoms with Gasteiger partial charge >= 0.3 is 0 Å². The molecule has 1 aliphatic rings. The van der Waals surface area contributed by atoms with E-state index >= 15 is 0 Å². The van der Waals surface area contributed by atoms with Gasteiger partial charge in [0.2, 0.25) is 0 Å². The summed E-state index contributed by atoms with van der Waals surface area (Å²) in [6.45, 7) is 6.53. The minimum absolute atomic E-state index is 0. The Morgan fingerprint density at radius 3 is 2.81 bits per heavy atom. The Morgan fingerprint density at radius 2 is 2.25 bits per heavy atom. The molecule has 4 nitrogen and oxygen atoms in total. The fraction of sp³-hybridized carbons (Fsp3) is 0.545. The zero-order chi connectivity index (χ0) is 10.8. The van der Waals surface area contributed by atoms with E-state index < -0.39 is 0 Å². The predicted octanol–water partition coefficient (Wildman–Crippen LogP) is 1.18. The largest absolute Gasteiger partial charge is 0.367 e. The third-order valence-electron chi connectivity index (χ3n) is 2.84. The van der Waals surface area contributed by atoms with Crippen LogP contribution in [0.15, 0.2) is 12.4 Å². The first-order valence-corrected chi connectivity index (χ1v) is 5.34. The van der Waals surface area contributed by atoms with E-state index in [9.17, 15) is 4.79 Å². The van der Waals surface area contributed by atoms with E-state index in [1.807, 2.05) is 18.0 Å². The van der Waals surface area contributed by atoms with E-state index in [2.05, 4.69) is 17.2 Å². The van der Waals surface area contributed by atoms with E-state index in [1.54, 1.807) is 6.20 Å². The van der Waals surface area contributed by atoms with Crippen molar-refractivity contribution in [3.8, 4) is 0 Å². The maximum Gasteiger partial charge on any atom is 0.255 e. The van der Waals surface area contributed by atoms with Crippen LogP contribution in [0.3, 0.4) is 0 Å². The van der Waals surface area contributed by atoms with Crippen molar-refractivity contribution in [2.75, 3.05) is 19.6 Å². The minimum atomic E-state index is 0. The predicted molar refractivity (Wildman–Crippen MR) is 66.1 cm³/mol. The van der Waals surface area contributed by atoms with Gasteiger partial charge in [-0.15, -0.1) is 12.4 Å². The Labute approximate surface area is 102 Å². The van der Waals surface area contributed by atoms with Crippen LogP contribution in [0.25, 0.3) is 0 Å². The molecule has 2 heterocycles. The van der Waals surface area contributed by atoms with Gasteiger partial charge in [-0.1, -0.05) is 0 Å². The van der Waals surface area contributed by atoms with Crippen LogP contribution in [0.2, 0.25) is 0 Å². The molecule has 0 aliphatic carbocycles. The van der Waals surface area contributed by atoms with E-state index in [1.165, 1.54) is 0 Å². The Balaban J connectivity index is 0.00000128. The third kappa shape index (κ3) is 2.57. The normalized spacial score (nSPS) is 20.4. The lowest BCUT2D eigenvalue weighted by molar-refractivity contribution is 0.0708. The van der Waals surface area contributed by atoms with Gasteiger partial charge in [-0.05, 0) is 19.4 Å². The fourth-order valence-corrected chi connectivity index (χ4v) is 1.96. The second-order valence-electron chi connectivity index (χ2n) is 4.16. The summed E-state index contributed by atoms with van der Waals surface area (Å²) >= 11 is 0. The lowest BCUT2D eigenvalue weighted by Crippen LogP contribution is -2.51. The summed E-state index contributed by atoms with van der Waals surface area (Å²) < 4.78 is 0. The number of nitrogens with one attached hydrogen (secondary N) is 2. The number of aromatic amines is 1. The van der Waals surface area contributed by atoms with Gasteiger partial charge in [0, 0.05) is 38.1 Å². The maximum atomic E-state index is 12.1. The molecule has 2 N–H and O–H groups in total. The van der Waals surface area contributed by atoms with E-state index in [0.29, 0.717) is 6.04 Å². The van der Waals surface area contributed by atoms with Crippen LogP contribution in [-0.4, -0.2) is 41.5 Å². The smallest absolute Gasteiger partial charge is 0.255 e. The first-order valence-electron chi connectivity index (χ1n) is 5.34. The highest BCUT2D eigenvalue weighted by Crippen LogP contribution is 2.11. The molecular formula is C11H18ClN3O. The highest BCUT2D eigenvalue weighted by molar-refractivity contribution is 5.95. The van der Waals surface area contributed by atoms with Gasteiger partial charge < -0.3 is 15.2 Å². The summed E-state index contributed by atoms with van der Waals surface area (Å²) in [5.41, 5.74) is 1.82. The van der Waals surface area contributed by atoms with Crippen LogP contribution >= 0.6 is 12.4 Å². The Hall–Kier alpha value is -1.00. The van der Waals surface area contributed by atoms with Crippen LogP contribution in [0, 0.1) is 6.92 Å². The Morgan fingerprint density at radius 1 is 1.50 bits per heavy atom. The van der Waals surface area contributed by atoms with E-state index in [4.69, 9.17) is 0 Å². The molecule has 1 amide bonds. The van der Waals surface area contributed by atoms with E-state index in [-0.39, 0.29) is 18.3 Å².